The molecule has 3 atom stereocenters. The number of fused-ring (bicyclic) bond motifs is 2. The Labute approximate surface area is 97.7 Å². The number of hydrogen-bond donors (Lipinski definition) is 0. The first-order valence-electron chi connectivity index (χ1n) is 6.16. The van der Waals surface area contributed by atoms with Gasteiger partial charge in [0.15, 0.2) is 0 Å². The van der Waals surface area contributed by atoms with E-state index in [1.54, 1.807) is 0 Å². The maximum atomic E-state index is 9.38. The third kappa shape index (κ3) is 2.23. The Morgan fingerprint density at radius 1 is 1.44 bits per heavy atom. The molecule has 0 aromatic carbocycles. The number of nitrogens with zero attached hydrogens (tertiary/aromatic N) is 1. The van der Waals surface area contributed by atoms with Gasteiger partial charge in [-0.05, 0) is 46.5 Å². The zero-order valence-electron chi connectivity index (χ0n) is 10.5. The lowest BCUT2D eigenvalue weighted by Crippen LogP contribution is -2.33. The second-order valence-electron chi connectivity index (χ2n) is 6.01. The molecule has 2 rings (SSSR count). The van der Waals surface area contributed by atoms with Crippen molar-refractivity contribution < 1.29 is 9.47 Å². The van der Waals surface area contributed by atoms with Gasteiger partial charge in [-0.2, -0.15) is 5.26 Å². The molecule has 3 heteroatoms. The summed E-state index contributed by atoms with van der Waals surface area (Å²) in [6.07, 6.45) is 4.39. The topological polar surface area (TPSA) is 42.2 Å². The molecular weight excluding hydrogens is 202 g/mol. The first kappa shape index (κ1) is 11.9. The van der Waals surface area contributed by atoms with Crippen LogP contribution in [0.15, 0.2) is 0 Å². The molecule has 0 aromatic rings. The monoisotopic (exact) mass is 223 g/mol. The van der Waals surface area contributed by atoms with Crippen molar-refractivity contribution in [1.82, 2.24) is 0 Å². The van der Waals surface area contributed by atoms with E-state index in [0.717, 1.165) is 25.7 Å². The normalized spacial score (nSPS) is 37.6. The molecule has 2 heterocycles. The van der Waals surface area contributed by atoms with Crippen LogP contribution >= 0.6 is 0 Å². The molecule has 2 aliphatic heterocycles. The minimum Gasteiger partial charge on any atom is -0.376 e. The van der Waals surface area contributed by atoms with Gasteiger partial charge in [-0.3, -0.25) is 0 Å². The van der Waals surface area contributed by atoms with Crippen LogP contribution in [-0.4, -0.2) is 24.4 Å². The van der Waals surface area contributed by atoms with Gasteiger partial charge in [0.1, 0.15) is 0 Å². The Balaban J connectivity index is 1.90. The fourth-order valence-corrected chi connectivity index (χ4v) is 2.78. The van der Waals surface area contributed by atoms with E-state index in [1.165, 1.54) is 0 Å². The van der Waals surface area contributed by atoms with E-state index in [0.29, 0.717) is 12.7 Å². The summed E-state index contributed by atoms with van der Waals surface area (Å²) in [4.78, 5) is 0. The Hall–Kier alpha value is -0.590. The van der Waals surface area contributed by atoms with E-state index in [-0.39, 0.29) is 17.1 Å². The lowest BCUT2D eigenvalue weighted by Gasteiger charge is -2.29. The fraction of sp³-hybridized carbons (Fsp3) is 0.923. The summed E-state index contributed by atoms with van der Waals surface area (Å²) in [6.45, 7) is 6.79. The molecule has 2 saturated heterocycles. The van der Waals surface area contributed by atoms with E-state index < -0.39 is 0 Å². The van der Waals surface area contributed by atoms with Crippen molar-refractivity contribution in [2.24, 2.45) is 5.41 Å². The highest BCUT2D eigenvalue weighted by Crippen LogP contribution is 2.49. The molecule has 0 radical (unpaired) electrons. The number of nitriles is 1. The van der Waals surface area contributed by atoms with Gasteiger partial charge in [-0.25, -0.2) is 0 Å². The molecule has 3 unspecified atom stereocenters. The van der Waals surface area contributed by atoms with E-state index in [2.05, 4.69) is 6.07 Å². The maximum absolute atomic E-state index is 9.38. The molecule has 90 valence electrons. The van der Waals surface area contributed by atoms with Crippen molar-refractivity contribution in [2.45, 2.75) is 64.3 Å². The van der Waals surface area contributed by atoms with Crippen LogP contribution in [0.4, 0.5) is 0 Å². The molecule has 0 aliphatic carbocycles. The lowest BCUT2D eigenvalue weighted by atomic mass is 9.73. The van der Waals surface area contributed by atoms with Crippen LogP contribution in [0.3, 0.4) is 0 Å². The van der Waals surface area contributed by atoms with Gasteiger partial charge in [0, 0.05) is 6.61 Å². The summed E-state index contributed by atoms with van der Waals surface area (Å²) in [5.74, 6) is 0. The van der Waals surface area contributed by atoms with E-state index in [9.17, 15) is 5.26 Å². The molecule has 2 bridgehead atoms. The Bertz CT molecular complexity index is 302. The van der Waals surface area contributed by atoms with Gasteiger partial charge >= 0.3 is 0 Å². The predicted molar refractivity (Wildman–Crippen MR) is 60.9 cm³/mol. The molecule has 0 spiro atoms. The molecule has 2 fully saturated rings. The van der Waals surface area contributed by atoms with E-state index in [4.69, 9.17) is 9.47 Å². The van der Waals surface area contributed by atoms with Gasteiger partial charge in [-0.1, -0.05) is 0 Å². The lowest BCUT2D eigenvalue weighted by molar-refractivity contribution is -0.0210. The summed E-state index contributed by atoms with van der Waals surface area (Å²) < 4.78 is 11.5. The van der Waals surface area contributed by atoms with Crippen LogP contribution in [0.1, 0.15) is 46.5 Å². The minimum atomic E-state index is -0.270. The van der Waals surface area contributed by atoms with Crippen LogP contribution in [0.5, 0.6) is 0 Å². The van der Waals surface area contributed by atoms with Crippen molar-refractivity contribution in [3.63, 3.8) is 0 Å². The third-order valence-electron chi connectivity index (χ3n) is 3.62. The van der Waals surface area contributed by atoms with E-state index in [1.807, 2.05) is 20.8 Å². The zero-order chi connectivity index (χ0) is 11.8. The summed E-state index contributed by atoms with van der Waals surface area (Å²) in [7, 11) is 0. The molecule has 16 heavy (non-hydrogen) atoms. The van der Waals surface area contributed by atoms with Gasteiger partial charge in [0.25, 0.3) is 0 Å². The summed E-state index contributed by atoms with van der Waals surface area (Å²) in [5, 5.41) is 9.38. The average molecular weight is 223 g/mol. The molecule has 2 aliphatic rings. The molecule has 0 aromatic heterocycles. The third-order valence-corrected chi connectivity index (χ3v) is 3.62. The molecule has 0 saturated carbocycles. The SMILES string of the molecule is CC(C)(C)OCCC1(C#N)CC2CCC1O2. The highest BCUT2D eigenvalue weighted by molar-refractivity contribution is 5.12. The first-order valence-corrected chi connectivity index (χ1v) is 6.16. The quantitative estimate of drug-likeness (QED) is 0.738. The van der Waals surface area contributed by atoms with Gasteiger partial charge in [-0.15, -0.1) is 0 Å². The zero-order valence-corrected chi connectivity index (χ0v) is 10.5. The number of ether oxygens (including phenoxy) is 2. The average Bonchev–Trinajstić information content (AvgIpc) is 2.75. The van der Waals surface area contributed by atoms with Crippen molar-refractivity contribution in [3.05, 3.63) is 0 Å². The summed E-state index contributed by atoms with van der Waals surface area (Å²) in [5.41, 5.74) is -0.386. The first-order chi connectivity index (χ1) is 7.45. The molecule has 0 N–H and O–H groups in total. The smallest absolute Gasteiger partial charge is 0.0881 e. The maximum Gasteiger partial charge on any atom is 0.0881 e. The summed E-state index contributed by atoms with van der Waals surface area (Å²) in [6, 6.07) is 2.49. The molecule has 0 amide bonds. The van der Waals surface area contributed by atoms with Crippen molar-refractivity contribution in [1.29, 1.82) is 5.26 Å². The number of hydrogen-bond acceptors (Lipinski definition) is 3. The van der Waals surface area contributed by atoms with Crippen molar-refractivity contribution in [3.8, 4) is 6.07 Å². The fourth-order valence-electron chi connectivity index (χ4n) is 2.78. The second kappa shape index (κ2) is 4.01. The van der Waals surface area contributed by atoms with Crippen LogP contribution < -0.4 is 0 Å². The minimum absolute atomic E-state index is 0.116. The summed E-state index contributed by atoms with van der Waals surface area (Å²) >= 11 is 0. The Morgan fingerprint density at radius 2 is 2.19 bits per heavy atom. The van der Waals surface area contributed by atoms with Crippen molar-refractivity contribution in [2.75, 3.05) is 6.61 Å². The van der Waals surface area contributed by atoms with Crippen LogP contribution in [-0.2, 0) is 9.47 Å². The predicted octanol–water partition coefficient (Wildman–Crippen LogP) is 2.65. The van der Waals surface area contributed by atoms with Gasteiger partial charge < -0.3 is 9.47 Å². The largest absolute Gasteiger partial charge is 0.376 e. The highest BCUT2D eigenvalue weighted by atomic mass is 16.5. The van der Waals surface area contributed by atoms with Crippen LogP contribution in [0.2, 0.25) is 0 Å². The Kier molecular flexibility index (Phi) is 2.98. The highest BCUT2D eigenvalue weighted by Gasteiger charge is 2.52. The molecule has 3 nitrogen and oxygen atoms in total. The van der Waals surface area contributed by atoms with Gasteiger partial charge in [0.05, 0.1) is 29.3 Å². The van der Waals surface area contributed by atoms with Crippen LogP contribution in [0.25, 0.3) is 0 Å². The second-order valence-corrected chi connectivity index (χ2v) is 6.01. The van der Waals surface area contributed by atoms with Crippen LogP contribution in [0, 0.1) is 16.7 Å². The Morgan fingerprint density at radius 3 is 2.62 bits per heavy atom. The number of rotatable bonds is 3. The van der Waals surface area contributed by atoms with Crippen molar-refractivity contribution >= 4 is 0 Å². The van der Waals surface area contributed by atoms with E-state index >= 15 is 0 Å². The molecular formula is C13H21NO2. The van der Waals surface area contributed by atoms with Gasteiger partial charge in [0.2, 0.25) is 0 Å². The standard InChI is InChI=1S/C13H21NO2/c1-12(2,3)15-7-6-13(9-14)8-10-4-5-11(13)16-10/h10-11H,4-8H2,1-3H3.